The van der Waals surface area contributed by atoms with Crippen LogP contribution in [0.15, 0.2) is 17.3 Å². The number of H-pyrrole nitrogens is 1. The minimum Gasteiger partial charge on any atom is -0.431 e. The van der Waals surface area contributed by atoms with Crippen LogP contribution >= 0.6 is 0 Å². The van der Waals surface area contributed by atoms with Gasteiger partial charge in [0.15, 0.2) is 0 Å². The lowest BCUT2D eigenvalue weighted by atomic mass is 9.76. The first kappa shape index (κ1) is 13.4. The molecule has 0 aliphatic carbocycles. The molecule has 0 saturated carbocycles. The second-order valence-corrected chi connectivity index (χ2v) is 5.93. The second kappa shape index (κ2) is 4.55. The average Bonchev–Trinajstić information content (AvgIpc) is 2.71. The molecule has 0 bridgehead atoms. The highest BCUT2D eigenvalue weighted by Gasteiger charge is 2.36. The second-order valence-electron chi connectivity index (χ2n) is 5.93. The summed E-state index contributed by atoms with van der Waals surface area (Å²) in [6.07, 6.45) is 4.08. The van der Waals surface area contributed by atoms with Crippen molar-refractivity contribution in [2.45, 2.75) is 44.7 Å². The van der Waals surface area contributed by atoms with Crippen LogP contribution < -0.4 is 10.7 Å². The number of rotatable bonds is 4. The van der Waals surface area contributed by atoms with Gasteiger partial charge in [-0.15, -0.1) is 0 Å². The van der Waals surface area contributed by atoms with Gasteiger partial charge in [-0.25, -0.2) is 0 Å². The third kappa shape index (κ3) is 2.67. The molecule has 0 saturated heterocycles. The normalized spacial score (nSPS) is 19.7. The Morgan fingerprint density at radius 1 is 1.44 bits per heavy atom. The van der Waals surface area contributed by atoms with Crippen LogP contribution in [-0.4, -0.2) is 35.3 Å². The highest BCUT2D eigenvalue weighted by Crippen LogP contribution is 2.26. The highest BCUT2D eigenvalue weighted by atomic mass is 16.5. The number of aromatic nitrogens is 1. The fourth-order valence-electron chi connectivity index (χ4n) is 1.75. The topological polar surface area (TPSA) is 57.6 Å². The zero-order valence-corrected chi connectivity index (χ0v) is 11.5. The van der Waals surface area contributed by atoms with Gasteiger partial charge in [-0.2, -0.15) is 0 Å². The summed E-state index contributed by atoms with van der Waals surface area (Å²) in [5, 5.41) is 11.2. The van der Waals surface area contributed by atoms with Crippen molar-refractivity contribution < 1.29 is 9.76 Å². The molecular formula is C13H21BN2O2. The van der Waals surface area contributed by atoms with Crippen molar-refractivity contribution in [2.24, 2.45) is 4.99 Å². The highest BCUT2D eigenvalue weighted by molar-refractivity contribution is 6.32. The molecule has 5 heteroatoms. The molecule has 1 unspecified atom stereocenters. The molecule has 0 fully saturated rings. The van der Waals surface area contributed by atoms with E-state index >= 15 is 0 Å². The lowest BCUT2D eigenvalue weighted by Gasteiger charge is -2.38. The molecule has 0 radical (unpaired) electrons. The molecule has 2 rings (SSSR count). The molecule has 1 aliphatic rings. The van der Waals surface area contributed by atoms with Crippen LogP contribution in [0.1, 0.15) is 27.7 Å². The molecule has 2 heterocycles. The van der Waals surface area contributed by atoms with Gasteiger partial charge in [0.1, 0.15) is 5.49 Å². The molecule has 4 nitrogen and oxygen atoms in total. The van der Waals surface area contributed by atoms with E-state index in [1.165, 1.54) is 0 Å². The standard InChI is InChI=1S/C13H21BN2O2/c1-12(2,17)13(3,4)18-14-10-7-9-5-6-15-11(9)16-8-10/h5-7,10,14,17H,8H2,1-4H3,(H,15,16). The van der Waals surface area contributed by atoms with E-state index in [9.17, 15) is 5.11 Å². The van der Waals surface area contributed by atoms with Crippen molar-refractivity contribution in [1.29, 1.82) is 0 Å². The van der Waals surface area contributed by atoms with Gasteiger partial charge in [0.25, 0.3) is 7.48 Å². The van der Waals surface area contributed by atoms with Crippen LogP contribution in [-0.2, 0) is 4.65 Å². The number of hydrogen-bond acceptors (Lipinski definition) is 3. The molecule has 1 atom stereocenters. The summed E-state index contributed by atoms with van der Waals surface area (Å²) in [5.41, 5.74) is -0.481. The van der Waals surface area contributed by atoms with E-state index in [1.54, 1.807) is 13.8 Å². The van der Waals surface area contributed by atoms with Gasteiger partial charge in [-0.05, 0) is 33.8 Å². The van der Waals surface area contributed by atoms with Gasteiger partial charge in [0.2, 0.25) is 0 Å². The van der Waals surface area contributed by atoms with Crippen LogP contribution in [0.3, 0.4) is 0 Å². The number of nitrogens with one attached hydrogen (secondary N) is 1. The summed E-state index contributed by atoms with van der Waals surface area (Å²) < 4.78 is 5.87. The van der Waals surface area contributed by atoms with Crippen molar-refractivity contribution >= 4 is 13.6 Å². The van der Waals surface area contributed by atoms with Gasteiger partial charge >= 0.3 is 0 Å². The smallest absolute Gasteiger partial charge is 0.284 e. The van der Waals surface area contributed by atoms with Crippen molar-refractivity contribution in [2.75, 3.05) is 6.54 Å². The largest absolute Gasteiger partial charge is 0.431 e. The molecule has 0 amide bonds. The molecule has 1 aromatic heterocycles. The molecule has 2 N–H and O–H groups in total. The Bertz CT molecular complexity index is 528. The minimum atomic E-state index is -0.863. The van der Waals surface area contributed by atoms with Crippen molar-refractivity contribution in [3.8, 4) is 0 Å². The Morgan fingerprint density at radius 2 is 2.17 bits per heavy atom. The van der Waals surface area contributed by atoms with Gasteiger partial charge in [0.05, 0.1) is 11.2 Å². The average molecular weight is 248 g/mol. The zero-order chi connectivity index (χ0) is 13.4. The van der Waals surface area contributed by atoms with Crippen molar-refractivity contribution in [3.05, 3.63) is 23.0 Å². The summed E-state index contributed by atoms with van der Waals surface area (Å²) in [6, 6.07) is 2.02. The third-order valence-corrected chi connectivity index (χ3v) is 3.79. The van der Waals surface area contributed by atoms with Gasteiger partial charge in [-0.1, -0.05) is 6.08 Å². The fourth-order valence-corrected chi connectivity index (χ4v) is 1.75. The monoisotopic (exact) mass is 248 g/mol. The van der Waals surface area contributed by atoms with Crippen LogP contribution in [0.25, 0.3) is 6.08 Å². The number of nitrogens with zero attached hydrogens (tertiary/aromatic N) is 1. The molecule has 0 aromatic carbocycles. The van der Waals surface area contributed by atoms with Gasteiger partial charge in [-0.3, -0.25) is 4.99 Å². The Morgan fingerprint density at radius 3 is 2.83 bits per heavy atom. The summed E-state index contributed by atoms with van der Waals surface area (Å²) in [5.74, 6) is 0.273. The van der Waals surface area contributed by atoms with E-state index in [2.05, 4.69) is 16.1 Å². The molecular weight excluding hydrogens is 227 g/mol. The number of aromatic amines is 1. The van der Waals surface area contributed by atoms with Crippen molar-refractivity contribution in [3.63, 3.8) is 0 Å². The van der Waals surface area contributed by atoms with E-state index in [0.717, 1.165) is 17.3 Å². The van der Waals surface area contributed by atoms with E-state index in [4.69, 9.17) is 4.65 Å². The summed E-state index contributed by atoms with van der Waals surface area (Å²) in [4.78, 5) is 7.56. The lowest BCUT2D eigenvalue weighted by Crippen LogP contribution is -2.48. The van der Waals surface area contributed by atoms with Crippen LogP contribution in [0.5, 0.6) is 0 Å². The fraction of sp³-hybridized carbons (Fsp3) is 0.615. The Balaban J connectivity index is 2.01. The number of fused-ring (bicyclic) bond motifs is 1. The third-order valence-electron chi connectivity index (χ3n) is 3.79. The molecule has 98 valence electrons. The maximum atomic E-state index is 10.0. The van der Waals surface area contributed by atoms with E-state index in [0.29, 0.717) is 7.48 Å². The van der Waals surface area contributed by atoms with Crippen LogP contribution in [0.2, 0.25) is 5.82 Å². The first-order valence-corrected chi connectivity index (χ1v) is 6.36. The molecule has 1 aromatic rings. The van der Waals surface area contributed by atoms with E-state index < -0.39 is 11.2 Å². The summed E-state index contributed by atoms with van der Waals surface area (Å²) in [7, 11) is 0.575. The first-order chi connectivity index (χ1) is 8.29. The number of hydrogen-bond donors (Lipinski definition) is 2. The quantitative estimate of drug-likeness (QED) is 0.744. The maximum absolute atomic E-state index is 10.0. The molecule has 0 spiro atoms. The SMILES string of the molecule is CC(C)(O)C(C)(C)OBC1C=c2cc[nH]c2=NC1. The predicted molar refractivity (Wildman–Crippen MR) is 73.3 cm³/mol. The number of aliphatic hydroxyl groups is 1. The van der Waals surface area contributed by atoms with Crippen molar-refractivity contribution in [1.82, 2.24) is 4.98 Å². The zero-order valence-electron chi connectivity index (χ0n) is 11.5. The van der Waals surface area contributed by atoms with E-state index in [1.807, 2.05) is 26.1 Å². The van der Waals surface area contributed by atoms with Crippen LogP contribution in [0.4, 0.5) is 0 Å². The summed E-state index contributed by atoms with van der Waals surface area (Å²) >= 11 is 0. The first-order valence-electron chi connectivity index (χ1n) is 6.36. The molecule has 1 aliphatic heterocycles. The predicted octanol–water partition coefficient (Wildman–Crippen LogP) is 0.134. The van der Waals surface area contributed by atoms with E-state index in [-0.39, 0.29) is 5.82 Å². The van der Waals surface area contributed by atoms with Crippen LogP contribution in [0, 0.1) is 0 Å². The Labute approximate surface area is 108 Å². The maximum Gasteiger partial charge on any atom is 0.284 e. The minimum absolute atomic E-state index is 0.273. The Hall–Kier alpha value is -1.07. The molecule has 18 heavy (non-hydrogen) atoms. The Kier molecular flexibility index (Phi) is 3.38. The van der Waals surface area contributed by atoms with Gasteiger partial charge < -0.3 is 14.7 Å². The lowest BCUT2D eigenvalue weighted by molar-refractivity contribution is -0.0906. The van der Waals surface area contributed by atoms with Gasteiger partial charge in [0, 0.05) is 23.8 Å². The summed E-state index contributed by atoms with van der Waals surface area (Å²) in [6.45, 7) is 8.09.